The van der Waals surface area contributed by atoms with Crippen LogP contribution >= 0.6 is 23.4 Å². The normalized spacial score (nSPS) is 16.0. The van der Waals surface area contributed by atoms with Crippen LogP contribution in [0.3, 0.4) is 0 Å². The number of aromatic nitrogens is 2. The number of amides is 1. The Bertz CT molecular complexity index is 804. The van der Waals surface area contributed by atoms with E-state index in [1.54, 1.807) is 22.8 Å². The highest BCUT2D eigenvalue weighted by atomic mass is 35.5. The van der Waals surface area contributed by atoms with E-state index in [1.165, 1.54) is 11.8 Å². The van der Waals surface area contributed by atoms with Crippen molar-refractivity contribution in [3.8, 4) is 0 Å². The lowest BCUT2D eigenvalue weighted by molar-refractivity contribution is -0.121. The van der Waals surface area contributed by atoms with E-state index in [2.05, 4.69) is 10.3 Å². The number of hydrogen-bond acceptors (Lipinski definition) is 4. The lowest BCUT2D eigenvalue weighted by Crippen LogP contribution is -2.30. The average Bonchev–Trinajstić information content (AvgIpc) is 2.97. The van der Waals surface area contributed by atoms with Crippen molar-refractivity contribution in [3.05, 3.63) is 57.0 Å². The van der Waals surface area contributed by atoms with Gasteiger partial charge >= 0.3 is 0 Å². The van der Waals surface area contributed by atoms with Gasteiger partial charge in [0.05, 0.1) is 6.04 Å². The third kappa shape index (κ3) is 3.82. The lowest BCUT2D eigenvalue weighted by atomic mass is 10.2. The smallest absolute Gasteiger partial charge is 0.254 e. The largest absolute Gasteiger partial charge is 0.352 e. The van der Waals surface area contributed by atoms with Crippen molar-refractivity contribution in [3.63, 3.8) is 0 Å². The van der Waals surface area contributed by atoms with E-state index in [9.17, 15) is 9.59 Å². The SMILES string of the molecule is CCc1cc(=O)n2c(n1)SCC2CC(=O)NCc1ccc(Cl)cc1. The summed E-state index contributed by atoms with van der Waals surface area (Å²) in [4.78, 5) is 28.9. The molecule has 24 heavy (non-hydrogen) atoms. The molecule has 0 spiro atoms. The van der Waals surface area contributed by atoms with Gasteiger partial charge in [-0.2, -0.15) is 0 Å². The summed E-state index contributed by atoms with van der Waals surface area (Å²) in [7, 11) is 0. The van der Waals surface area contributed by atoms with Gasteiger partial charge in [0.15, 0.2) is 5.16 Å². The maximum absolute atomic E-state index is 12.3. The minimum atomic E-state index is -0.138. The minimum Gasteiger partial charge on any atom is -0.352 e. The molecule has 1 aromatic carbocycles. The first-order valence-corrected chi connectivity index (χ1v) is 9.19. The van der Waals surface area contributed by atoms with Gasteiger partial charge in [0.1, 0.15) is 0 Å². The van der Waals surface area contributed by atoms with E-state index in [1.807, 2.05) is 19.1 Å². The Morgan fingerprint density at radius 1 is 1.42 bits per heavy atom. The van der Waals surface area contributed by atoms with Crippen LogP contribution in [0.5, 0.6) is 0 Å². The summed E-state index contributed by atoms with van der Waals surface area (Å²) in [6.07, 6.45) is 1.01. The van der Waals surface area contributed by atoms with Crippen LogP contribution < -0.4 is 10.9 Å². The summed E-state index contributed by atoms with van der Waals surface area (Å²) in [6.45, 7) is 2.42. The predicted octanol–water partition coefficient (Wildman–Crippen LogP) is 2.81. The number of fused-ring (bicyclic) bond motifs is 1. The lowest BCUT2D eigenvalue weighted by Gasteiger charge is -2.13. The molecule has 2 aromatic rings. The fourth-order valence-electron chi connectivity index (χ4n) is 2.62. The number of rotatable bonds is 5. The van der Waals surface area contributed by atoms with Gasteiger partial charge in [0.2, 0.25) is 5.91 Å². The molecular weight excluding hydrogens is 346 g/mol. The van der Waals surface area contributed by atoms with Gasteiger partial charge in [0.25, 0.3) is 5.56 Å². The minimum absolute atomic E-state index is 0.0719. The molecule has 7 heteroatoms. The van der Waals surface area contributed by atoms with E-state index in [0.717, 1.165) is 22.8 Å². The maximum Gasteiger partial charge on any atom is 0.254 e. The first-order chi connectivity index (χ1) is 11.6. The van der Waals surface area contributed by atoms with Crippen molar-refractivity contribution >= 4 is 29.3 Å². The number of aryl methyl sites for hydroxylation is 1. The Kier molecular flexibility index (Phi) is 5.26. The van der Waals surface area contributed by atoms with Crippen LogP contribution in [0, 0.1) is 0 Å². The molecule has 1 aromatic heterocycles. The Labute approximate surface area is 149 Å². The average molecular weight is 364 g/mol. The second kappa shape index (κ2) is 7.40. The molecule has 1 aliphatic rings. The molecule has 1 amide bonds. The number of carbonyl (C=O) groups excluding carboxylic acids is 1. The molecule has 126 valence electrons. The summed E-state index contributed by atoms with van der Waals surface area (Å²) in [6, 6.07) is 8.77. The van der Waals surface area contributed by atoms with Crippen LogP contribution in [0.1, 0.15) is 30.6 Å². The molecule has 0 saturated heterocycles. The van der Waals surface area contributed by atoms with Crippen LogP contribution in [-0.4, -0.2) is 21.2 Å². The second-order valence-electron chi connectivity index (χ2n) is 5.66. The summed E-state index contributed by atoms with van der Waals surface area (Å²) in [5.74, 6) is 0.624. The van der Waals surface area contributed by atoms with E-state index in [0.29, 0.717) is 17.3 Å². The monoisotopic (exact) mass is 363 g/mol. The van der Waals surface area contributed by atoms with Gasteiger partial charge in [0, 0.05) is 35.5 Å². The fourth-order valence-corrected chi connectivity index (χ4v) is 3.91. The predicted molar refractivity (Wildman–Crippen MR) is 95.6 cm³/mol. The maximum atomic E-state index is 12.3. The number of thioether (sulfide) groups is 1. The van der Waals surface area contributed by atoms with E-state index in [4.69, 9.17) is 11.6 Å². The van der Waals surface area contributed by atoms with Crippen molar-refractivity contribution < 1.29 is 4.79 Å². The van der Waals surface area contributed by atoms with Crippen molar-refractivity contribution in [2.24, 2.45) is 0 Å². The van der Waals surface area contributed by atoms with Crippen molar-refractivity contribution in [2.45, 2.75) is 37.5 Å². The standard InChI is InChI=1S/C17H18ClN3O2S/c1-2-13-7-16(23)21-14(10-24-17(21)20-13)8-15(22)19-9-11-3-5-12(18)6-4-11/h3-7,14H,2,8-10H2,1H3,(H,19,22). The highest BCUT2D eigenvalue weighted by Crippen LogP contribution is 2.31. The van der Waals surface area contributed by atoms with Gasteiger partial charge in [-0.1, -0.05) is 42.4 Å². The van der Waals surface area contributed by atoms with Gasteiger partial charge in [-0.25, -0.2) is 4.98 Å². The molecule has 0 radical (unpaired) electrons. The van der Waals surface area contributed by atoms with Gasteiger partial charge < -0.3 is 5.32 Å². The van der Waals surface area contributed by atoms with Crippen LogP contribution in [0.25, 0.3) is 0 Å². The number of hydrogen-bond donors (Lipinski definition) is 1. The molecule has 0 saturated carbocycles. The number of nitrogens with zero attached hydrogens (tertiary/aromatic N) is 2. The molecule has 1 unspecified atom stereocenters. The molecule has 0 bridgehead atoms. The van der Waals surface area contributed by atoms with Gasteiger partial charge in [-0.3, -0.25) is 14.2 Å². The first kappa shape index (κ1) is 17.0. The zero-order valence-electron chi connectivity index (χ0n) is 13.3. The summed E-state index contributed by atoms with van der Waals surface area (Å²) < 4.78 is 1.64. The second-order valence-corrected chi connectivity index (χ2v) is 7.09. The number of benzene rings is 1. The summed E-state index contributed by atoms with van der Waals surface area (Å²) >= 11 is 7.38. The van der Waals surface area contributed by atoms with Crippen molar-refractivity contribution in [1.29, 1.82) is 0 Å². The zero-order valence-corrected chi connectivity index (χ0v) is 14.9. The molecule has 1 N–H and O–H groups in total. The molecule has 0 aliphatic carbocycles. The third-order valence-corrected chi connectivity index (χ3v) is 5.28. The van der Waals surface area contributed by atoms with Gasteiger partial charge in [-0.15, -0.1) is 0 Å². The number of carbonyl (C=O) groups is 1. The number of nitrogens with one attached hydrogen (secondary N) is 1. The zero-order chi connectivity index (χ0) is 17.1. The van der Waals surface area contributed by atoms with Crippen molar-refractivity contribution in [2.75, 3.05) is 5.75 Å². The van der Waals surface area contributed by atoms with E-state index < -0.39 is 0 Å². The fraction of sp³-hybridized carbons (Fsp3) is 0.353. The van der Waals surface area contributed by atoms with Gasteiger partial charge in [-0.05, 0) is 24.1 Å². The Morgan fingerprint density at radius 3 is 2.88 bits per heavy atom. The Morgan fingerprint density at radius 2 is 2.17 bits per heavy atom. The first-order valence-electron chi connectivity index (χ1n) is 7.83. The van der Waals surface area contributed by atoms with Crippen LogP contribution in [0.15, 0.2) is 40.3 Å². The molecule has 1 atom stereocenters. The number of halogens is 1. The molecule has 0 fully saturated rings. The molecule has 1 aliphatic heterocycles. The van der Waals surface area contributed by atoms with Crippen molar-refractivity contribution in [1.82, 2.24) is 14.9 Å². The third-order valence-electron chi connectivity index (χ3n) is 3.93. The topological polar surface area (TPSA) is 64.0 Å². The molecule has 5 nitrogen and oxygen atoms in total. The van der Waals surface area contributed by atoms with E-state index >= 15 is 0 Å². The Balaban J connectivity index is 1.63. The van der Waals surface area contributed by atoms with Crippen LogP contribution in [0.2, 0.25) is 5.02 Å². The molecule has 2 heterocycles. The Hall–Kier alpha value is -1.79. The molecular formula is C17H18ClN3O2S. The van der Waals surface area contributed by atoms with Crippen LogP contribution in [0.4, 0.5) is 0 Å². The summed E-state index contributed by atoms with van der Waals surface area (Å²) in [5.41, 5.74) is 1.71. The highest BCUT2D eigenvalue weighted by Gasteiger charge is 2.27. The quantitative estimate of drug-likeness (QED) is 0.830. The highest BCUT2D eigenvalue weighted by molar-refractivity contribution is 7.99. The molecule has 3 rings (SSSR count). The van der Waals surface area contributed by atoms with Crippen LogP contribution in [-0.2, 0) is 17.8 Å². The van der Waals surface area contributed by atoms with E-state index in [-0.39, 0.29) is 23.9 Å². The summed E-state index contributed by atoms with van der Waals surface area (Å²) in [5, 5.41) is 4.28.